The lowest BCUT2D eigenvalue weighted by Crippen LogP contribution is -2.44. The first-order valence-electron chi connectivity index (χ1n) is 11.5. The Kier molecular flexibility index (Phi) is 5.71. The fraction of sp³-hybridized carbons (Fsp3) is 0.226. The van der Waals surface area contributed by atoms with E-state index in [2.05, 4.69) is 115 Å². The summed E-state index contributed by atoms with van der Waals surface area (Å²) in [4.78, 5) is 0. The third-order valence-electron chi connectivity index (χ3n) is 7.15. The monoisotopic (exact) mass is 402 g/mol. The van der Waals surface area contributed by atoms with Gasteiger partial charge in [0.2, 0.25) is 0 Å². The number of fused-ring (bicyclic) bond motifs is 1. The van der Waals surface area contributed by atoms with Gasteiger partial charge in [-0.05, 0) is 65.8 Å². The van der Waals surface area contributed by atoms with Crippen molar-refractivity contribution in [2.24, 2.45) is 5.92 Å². The van der Waals surface area contributed by atoms with Crippen molar-refractivity contribution in [3.05, 3.63) is 143 Å². The summed E-state index contributed by atoms with van der Waals surface area (Å²) < 4.78 is 0. The number of hydrogen-bond acceptors (Lipinski definition) is 0. The molecular weight excluding hydrogens is 372 g/mol. The van der Waals surface area contributed by atoms with Crippen molar-refractivity contribution < 1.29 is 0 Å². The molecule has 31 heavy (non-hydrogen) atoms. The molecule has 0 N–H and O–H groups in total. The van der Waals surface area contributed by atoms with Crippen LogP contribution in [0.4, 0.5) is 0 Å². The zero-order chi connectivity index (χ0) is 20.9. The molecule has 1 aliphatic rings. The molecule has 4 aromatic carbocycles. The molecule has 0 radical (unpaired) electrons. The van der Waals surface area contributed by atoms with Crippen molar-refractivity contribution in [2.45, 2.75) is 37.5 Å². The summed E-state index contributed by atoms with van der Waals surface area (Å²) in [6.07, 6.45) is 5.72. The van der Waals surface area contributed by atoms with Gasteiger partial charge in [-0.25, -0.2) is 0 Å². The smallest absolute Gasteiger partial charge is 0.00678 e. The van der Waals surface area contributed by atoms with Gasteiger partial charge < -0.3 is 0 Å². The van der Waals surface area contributed by atoms with Crippen LogP contribution in [0.5, 0.6) is 0 Å². The van der Waals surface area contributed by atoms with E-state index >= 15 is 0 Å². The lowest BCUT2D eigenvalue weighted by molar-refractivity contribution is 0.225. The van der Waals surface area contributed by atoms with Gasteiger partial charge in [0.25, 0.3) is 0 Å². The van der Waals surface area contributed by atoms with Crippen molar-refractivity contribution in [3.63, 3.8) is 0 Å². The van der Waals surface area contributed by atoms with E-state index in [1.807, 2.05) is 0 Å². The summed E-state index contributed by atoms with van der Waals surface area (Å²) in [5.74, 6) is 0.602. The van der Waals surface area contributed by atoms with Crippen LogP contribution in [0.2, 0.25) is 0 Å². The minimum atomic E-state index is 0.0907. The third-order valence-corrected chi connectivity index (χ3v) is 7.15. The second-order valence-electron chi connectivity index (χ2n) is 9.06. The van der Waals surface area contributed by atoms with E-state index in [9.17, 15) is 0 Å². The van der Waals surface area contributed by atoms with Crippen LogP contribution in [0.1, 0.15) is 34.2 Å². The number of rotatable bonds is 6. The molecule has 0 amide bonds. The van der Waals surface area contributed by atoms with Gasteiger partial charge in [0.15, 0.2) is 0 Å². The van der Waals surface area contributed by atoms with Crippen LogP contribution in [-0.2, 0) is 31.1 Å². The highest BCUT2D eigenvalue weighted by molar-refractivity contribution is 5.42. The molecule has 0 saturated carbocycles. The molecule has 1 aliphatic carbocycles. The summed E-state index contributed by atoms with van der Waals surface area (Å²) in [7, 11) is 0. The molecule has 0 fully saturated rings. The summed E-state index contributed by atoms with van der Waals surface area (Å²) in [5.41, 5.74) is 7.53. The SMILES string of the molecule is c1ccc(CC2CCc3ccccc3C2(Cc2ccccc2)Cc2ccccc2)cc1. The van der Waals surface area contributed by atoms with Gasteiger partial charge in [0.1, 0.15) is 0 Å². The molecule has 0 aromatic heterocycles. The Morgan fingerprint density at radius 3 is 1.61 bits per heavy atom. The lowest BCUT2D eigenvalue weighted by atomic mass is 9.57. The normalized spacial score (nSPS) is 17.1. The van der Waals surface area contributed by atoms with Crippen LogP contribution in [-0.4, -0.2) is 0 Å². The van der Waals surface area contributed by atoms with Crippen molar-refractivity contribution in [3.8, 4) is 0 Å². The zero-order valence-electron chi connectivity index (χ0n) is 18.1. The Bertz CT molecular complexity index is 1050. The Morgan fingerprint density at radius 1 is 0.548 bits per heavy atom. The molecule has 5 rings (SSSR count). The van der Waals surface area contributed by atoms with E-state index in [0.717, 1.165) is 19.3 Å². The van der Waals surface area contributed by atoms with Crippen LogP contribution < -0.4 is 0 Å². The Labute approximate surface area is 186 Å². The second-order valence-corrected chi connectivity index (χ2v) is 9.06. The molecule has 1 atom stereocenters. The van der Waals surface area contributed by atoms with Crippen LogP contribution in [0.15, 0.2) is 115 Å². The molecule has 0 nitrogen and oxygen atoms in total. The van der Waals surface area contributed by atoms with Gasteiger partial charge in [0.05, 0.1) is 0 Å². The molecule has 0 saturated heterocycles. The van der Waals surface area contributed by atoms with E-state index in [4.69, 9.17) is 0 Å². The molecule has 0 bridgehead atoms. The van der Waals surface area contributed by atoms with Gasteiger partial charge in [0, 0.05) is 5.41 Å². The van der Waals surface area contributed by atoms with E-state index in [-0.39, 0.29) is 5.41 Å². The summed E-state index contributed by atoms with van der Waals surface area (Å²) in [6, 6.07) is 42.6. The van der Waals surface area contributed by atoms with E-state index in [0.29, 0.717) is 5.92 Å². The summed E-state index contributed by atoms with van der Waals surface area (Å²) >= 11 is 0. The van der Waals surface area contributed by atoms with E-state index in [1.165, 1.54) is 29.5 Å². The van der Waals surface area contributed by atoms with Gasteiger partial charge >= 0.3 is 0 Å². The Morgan fingerprint density at radius 2 is 1.03 bits per heavy atom. The van der Waals surface area contributed by atoms with Crippen LogP contribution in [0, 0.1) is 5.92 Å². The fourth-order valence-electron chi connectivity index (χ4n) is 5.71. The maximum absolute atomic E-state index is 2.42. The number of hydrogen-bond donors (Lipinski definition) is 0. The maximum atomic E-state index is 2.42. The number of benzene rings is 4. The lowest BCUT2D eigenvalue weighted by Gasteiger charge is -2.47. The number of aryl methyl sites for hydroxylation is 1. The molecular formula is C31H30. The predicted molar refractivity (Wildman–Crippen MR) is 130 cm³/mol. The highest BCUT2D eigenvalue weighted by Crippen LogP contribution is 2.47. The average molecular weight is 403 g/mol. The van der Waals surface area contributed by atoms with Gasteiger partial charge in [-0.2, -0.15) is 0 Å². The first-order chi connectivity index (χ1) is 15.3. The predicted octanol–water partition coefficient (Wildman–Crippen LogP) is 7.21. The van der Waals surface area contributed by atoms with Crippen molar-refractivity contribution in [2.75, 3.05) is 0 Å². The fourth-order valence-corrected chi connectivity index (χ4v) is 5.71. The van der Waals surface area contributed by atoms with E-state index in [1.54, 1.807) is 11.1 Å². The molecule has 0 heterocycles. The van der Waals surface area contributed by atoms with Crippen molar-refractivity contribution in [1.82, 2.24) is 0 Å². The molecule has 4 aromatic rings. The molecule has 0 spiro atoms. The largest absolute Gasteiger partial charge is 0.0622 e. The minimum Gasteiger partial charge on any atom is -0.0622 e. The van der Waals surface area contributed by atoms with Gasteiger partial charge in [-0.1, -0.05) is 115 Å². The van der Waals surface area contributed by atoms with Crippen LogP contribution >= 0.6 is 0 Å². The molecule has 154 valence electrons. The minimum absolute atomic E-state index is 0.0907. The Hall–Kier alpha value is -3.12. The summed E-state index contributed by atoms with van der Waals surface area (Å²) in [5, 5.41) is 0. The first-order valence-corrected chi connectivity index (χ1v) is 11.5. The molecule has 0 heteroatoms. The zero-order valence-corrected chi connectivity index (χ0v) is 18.1. The Balaban J connectivity index is 1.65. The van der Waals surface area contributed by atoms with Crippen LogP contribution in [0.3, 0.4) is 0 Å². The van der Waals surface area contributed by atoms with Crippen LogP contribution in [0.25, 0.3) is 0 Å². The van der Waals surface area contributed by atoms with Gasteiger partial charge in [-0.15, -0.1) is 0 Å². The highest BCUT2D eigenvalue weighted by atomic mass is 14.5. The molecule has 0 aliphatic heterocycles. The highest BCUT2D eigenvalue weighted by Gasteiger charge is 2.44. The third kappa shape index (κ3) is 4.21. The topological polar surface area (TPSA) is 0 Å². The maximum Gasteiger partial charge on any atom is 0.00678 e. The van der Waals surface area contributed by atoms with Gasteiger partial charge in [-0.3, -0.25) is 0 Å². The van der Waals surface area contributed by atoms with E-state index < -0.39 is 0 Å². The second kappa shape index (κ2) is 8.94. The van der Waals surface area contributed by atoms with Crippen molar-refractivity contribution in [1.29, 1.82) is 0 Å². The first kappa shape index (κ1) is 19.8. The average Bonchev–Trinajstić information content (AvgIpc) is 2.83. The summed E-state index contributed by atoms with van der Waals surface area (Å²) in [6.45, 7) is 0. The standard InChI is InChI=1S/C31H30/c1-4-12-25(13-5-1)22-29-21-20-28-18-10-11-19-30(28)31(29,23-26-14-6-2-7-15-26)24-27-16-8-3-9-17-27/h1-19,29H,20-24H2. The molecule has 1 unspecified atom stereocenters. The quantitative estimate of drug-likeness (QED) is 0.319. The van der Waals surface area contributed by atoms with Crippen molar-refractivity contribution >= 4 is 0 Å².